The number of nitrogens with zero attached hydrogens (tertiary/aromatic N) is 4. The third kappa shape index (κ3) is 3.93. The molecule has 9 heteroatoms. The molecule has 0 saturated carbocycles. The van der Waals surface area contributed by atoms with Gasteiger partial charge in [-0.1, -0.05) is 0 Å². The number of rotatable bonds is 4. The summed E-state index contributed by atoms with van der Waals surface area (Å²) in [6, 6.07) is 10.4. The molecule has 1 saturated heterocycles. The van der Waals surface area contributed by atoms with Gasteiger partial charge in [0.15, 0.2) is 0 Å². The van der Waals surface area contributed by atoms with Crippen LogP contribution in [-0.4, -0.2) is 46.5 Å². The van der Waals surface area contributed by atoms with Crippen LogP contribution in [0.2, 0.25) is 0 Å². The summed E-state index contributed by atoms with van der Waals surface area (Å²) in [7, 11) is 0. The first-order chi connectivity index (χ1) is 15.5. The average Bonchev–Trinajstić information content (AvgIpc) is 3.43. The summed E-state index contributed by atoms with van der Waals surface area (Å²) in [6.45, 7) is 4.44. The number of halogens is 1. The van der Waals surface area contributed by atoms with Gasteiger partial charge in [-0.25, -0.2) is 9.37 Å². The van der Waals surface area contributed by atoms with Crippen LogP contribution in [0.15, 0.2) is 52.9 Å². The molecule has 0 spiro atoms. The van der Waals surface area contributed by atoms with Gasteiger partial charge in [-0.2, -0.15) is 0 Å². The minimum absolute atomic E-state index is 0.0307. The predicted octanol–water partition coefficient (Wildman–Crippen LogP) is 3.98. The number of aryl methyl sites for hydroxylation is 1. The predicted molar refractivity (Wildman–Crippen MR) is 127 cm³/mol. The van der Waals surface area contributed by atoms with Gasteiger partial charge in [0.2, 0.25) is 5.91 Å². The Bertz CT molecular complexity index is 1330. The summed E-state index contributed by atoms with van der Waals surface area (Å²) >= 11 is 3.09. The molecule has 0 bridgehead atoms. The molecule has 6 nitrogen and oxygen atoms in total. The third-order valence-electron chi connectivity index (χ3n) is 5.70. The Morgan fingerprint density at radius 3 is 2.53 bits per heavy atom. The van der Waals surface area contributed by atoms with Crippen LogP contribution in [-0.2, 0) is 11.3 Å². The van der Waals surface area contributed by atoms with Crippen molar-refractivity contribution in [3.8, 4) is 10.4 Å². The molecule has 0 N–H and O–H groups in total. The normalized spacial score (nSPS) is 14.3. The molecule has 3 aromatic heterocycles. The number of hydrogen-bond acceptors (Lipinski definition) is 6. The van der Waals surface area contributed by atoms with Gasteiger partial charge in [-0.3, -0.25) is 14.2 Å². The molecule has 1 aromatic carbocycles. The number of piperazine rings is 1. The Kier molecular flexibility index (Phi) is 5.52. The second-order valence-electron chi connectivity index (χ2n) is 7.76. The molecule has 5 rings (SSSR count). The number of carbonyl (C=O) groups is 1. The SMILES string of the molecule is Cc1ccc(-c2csc3ncn(CC(=O)N4CCN(c5ccc(F)cc5)CC4)c(=O)c23)s1. The van der Waals surface area contributed by atoms with Crippen molar-refractivity contribution in [2.45, 2.75) is 13.5 Å². The van der Waals surface area contributed by atoms with Crippen molar-refractivity contribution < 1.29 is 9.18 Å². The standard InChI is InChI=1S/C23H21FN4O2S2/c1-15-2-7-19(32-15)18-13-31-22-21(18)23(30)28(14-25-22)12-20(29)27-10-8-26(9-11-27)17-5-3-16(24)4-6-17/h2-7,13-14H,8-12H2,1H3. The molecule has 0 unspecified atom stereocenters. The summed E-state index contributed by atoms with van der Waals surface area (Å²) in [5.41, 5.74) is 1.64. The smallest absolute Gasteiger partial charge is 0.263 e. The Hall–Kier alpha value is -3.04. The molecular formula is C23H21FN4O2S2. The molecule has 1 fully saturated rings. The van der Waals surface area contributed by atoms with Gasteiger partial charge in [0.1, 0.15) is 17.2 Å². The van der Waals surface area contributed by atoms with Crippen molar-refractivity contribution in [1.82, 2.24) is 14.5 Å². The lowest BCUT2D eigenvalue weighted by molar-refractivity contribution is -0.132. The van der Waals surface area contributed by atoms with Crippen molar-refractivity contribution in [2.75, 3.05) is 31.1 Å². The van der Waals surface area contributed by atoms with E-state index in [9.17, 15) is 14.0 Å². The molecule has 32 heavy (non-hydrogen) atoms. The molecule has 164 valence electrons. The topological polar surface area (TPSA) is 58.4 Å². The zero-order valence-electron chi connectivity index (χ0n) is 17.5. The Labute approximate surface area is 192 Å². The second kappa shape index (κ2) is 8.48. The molecule has 1 amide bonds. The van der Waals surface area contributed by atoms with E-state index >= 15 is 0 Å². The van der Waals surface area contributed by atoms with Crippen LogP contribution in [0.5, 0.6) is 0 Å². The molecule has 0 radical (unpaired) electrons. The summed E-state index contributed by atoms with van der Waals surface area (Å²) in [5.74, 6) is -0.364. The van der Waals surface area contributed by atoms with Crippen LogP contribution in [0.1, 0.15) is 4.88 Å². The van der Waals surface area contributed by atoms with Crippen molar-refractivity contribution in [3.05, 3.63) is 69.2 Å². The molecule has 4 aromatic rings. The molecular weight excluding hydrogens is 447 g/mol. The zero-order chi connectivity index (χ0) is 22.2. The van der Waals surface area contributed by atoms with E-state index in [2.05, 4.69) is 9.88 Å². The highest BCUT2D eigenvalue weighted by Gasteiger charge is 2.23. The maximum Gasteiger partial charge on any atom is 0.263 e. The minimum atomic E-state index is -0.262. The van der Waals surface area contributed by atoms with Gasteiger partial charge in [-0.05, 0) is 43.3 Å². The van der Waals surface area contributed by atoms with Crippen LogP contribution in [0.25, 0.3) is 20.7 Å². The van der Waals surface area contributed by atoms with Crippen molar-refractivity contribution in [2.24, 2.45) is 0 Å². The highest BCUT2D eigenvalue weighted by Crippen LogP contribution is 2.34. The second-order valence-corrected chi connectivity index (χ2v) is 9.91. The number of hydrogen-bond donors (Lipinski definition) is 0. The molecule has 1 aliphatic rings. The first kappa shape index (κ1) is 20.8. The van der Waals surface area contributed by atoms with E-state index in [1.165, 1.54) is 39.2 Å². The fraction of sp³-hybridized carbons (Fsp3) is 0.261. The number of amides is 1. The lowest BCUT2D eigenvalue weighted by Gasteiger charge is -2.36. The highest BCUT2D eigenvalue weighted by atomic mass is 32.1. The van der Waals surface area contributed by atoms with E-state index in [0.29, 0.717) is 36.4 Å². The van der Waals surface area contributed by atoms with Crippen LogP contribution in [0, 0.1) is 12.7 Å². The average molecular weight is 469 g/mol. The third-order valence-corrected chi connectivity index (χ3v) is 7.62. The zero-order valence-corrected chi connectivity index (χ0v) is 19.1. The van der Waals surface area contributed by atoms with Crippen LogP contribution >= 0.6 is 22.7 Å². The van der Waals surface area contributed by atoms with Crippen molar-refractivity contribution in [1.29, 1.82) is 0 Å². The van der Waals surface area contributed by atoms with Gasteiger partial charge in [0, 0.05) is 52.6 Å². The maximum absolute atomic E-state index is 13.2. The van der Waals surface area contributed by atoms with Gasteiger partial charge in [-0.15, -0.1) is 22.7 Å². The van der Waals surface area contributed by atoms with E-state index in [0.717, 1.165) is 16.1 Å². The number of anilines is 1. The first-order valence-corrected chi connectivity index (χ1v) is 12.0. The molecule has 0 aliphatic carbocycles. The number of carbonyl (C=O) groups excluding carboxylic acids is 1. The van der Waals surface area contributed by atoms with Crippen LogP contribution in [0.3, 0.4) is 0 Å². The lowest BCUT2D eigenvalue weighted by atomic mass is 10.2. The molecule has 0 atom stereocenters. The first-order valence-electron chi connectivity index (χ1n) is 10.3. The van der Waals surface area contributed by atoms with Gasteiger partial charge < -0.3 is 9.80 Å². The summed E-state index contributed by atoms with van der Waals surface area (Å²) in [5, 5.41) is 2.54. The largest absolute Gasteiger partial charge is 0.368 e. The lowest BCUT2D eigenvalue weighted by Crippen LogP contribution is -2.50. The minimum Gasteiger partial charge on any atom is -0.368 e. The van der Waals surface area contributed by atoms with Crippen LogP contribution in [0.4, 0.5) is 10.1 Å². The Morgan fingerprint density at radius 2 is 1.84 bits per heavy atom. The summed E-state index contributed by atoms with van der Waals surface area (Å²) in [4.78, 5) is 37.3. The van der Waals surface area contributed by atoms with E-state index in [-0.39, 0.29) is 23.8 Å². The van der Waals surface area contributed by atoms with Gasteiger partial charge in [0.25, 0.3) is 5.56 Å². The van der Waals surface area contributed by atoms with Crippen molar-refractivity contribution >= 4 is 44.5 Å². The Morgan fingerprint density at radius 1 is 1.09 bits per heavy atom. The number of fused-ring (bicyclic) bond motifs is 1. The van der Waals surface area contributed by atoms with E-state index < -0.39 is 0 Å². The molecule has 1 aliphatic heterocycles. The number of aromatic nitrogens is 2. The van der Waals surface area contributed by atoms with E-state index in [1.54, 1.807) is 28.4 Å². The summed E-state index contributed by atoms with van der Waals surface area (Å²) in [6.07, 6.45) is 1.47. The molecule has 4 heterocycles. The van der Waals surface area contributed by atoms with Gasteiger partial charge in [0.05, 0.1) is 11.7 Å². The van der Waals surface area contributed by atoms with Gasteiger partial charge >= 0.3 is 0 Å². The quantitative estimate of drug-likeness (QED) is 0.455. The Balaban J connectivity index is 1.31. The number of benzene rings is 1. The fourth-order valence-electron chi connectivity index (χ4n) is 3.95. The number of thiophene rings is 2. The monoisotopic (exact) mass is 468 g/mol. The maximum atomic E-state index is 13.2. The summed E-state index contributed by atoms with van der Waals surface area (Å²) < 4.78 is 14.6. The highest BCUT2D eigenvalue weighted by molar-refractivity contribution is 7.19. The van der Waals surface area contributed by atoms with E-state index in [4.69, 9.17) is 0 Å². The van der Waals surface area contributed by atoms with Crippen molar-refractivity contribution in [3.63, 3.8) is 0 Å². The fourth-order valence-corrected chi connectivity index (χ4v) is 5.81. The van der Waals surface area contributed by atoms with Crippen LogP contribution < -0.4 is 10.5 Å². The van der Waals surface area contributed by atoms with E-state index in [1.807, 2.05) is 24.4 Å².